The van der Waals surface area contributed by atoms with Gasteiger partial charge in [0.1, 0.15) is 11.4 Å². The Bertz CT molecular complexity index is 571. The van der Waals surface area contributed by atoms with E-state index in [9.17, 15) is 0 Å². The van der Waals surface area contributed by atoms with Crippen molar-refractivity contribution in [3.05, 3.63) is 17.6 Å². The fourth-order valence-corrected chi connectivity index (χ4v) is 2.92. The van der Waals surface area contributed by atoms with Crippen LogP contribution < -0.4 is 5.32 Å². The van der Waals surface area contributed by atoms with E-state index in [1.165, 1.54) is 5.56 Å². The first-order valence-electron chi connectivity index (χ1n) is 6.74. The normalized spacial score (nSPS) is 11.5. The molecule has 0 spiro atoms. The molecule has 2 aromatic rings. The van der Waals surface area contributed by atoms with Gasteiger partial charge in [-0.15, -0.1) is 10.2 Å². The van der Waals surface area contributed by atoms with E-state index in [1.54, 1.807) is 18.1 Å². The van der Waals surface area contributed by atoms with Crippen molar-refractivity contribution in [2.75, 3.05) is 6.54 Å². The van der Waals surface area contributed by atoms with Gasteiger partial charge in [-0.1, -0.05) is 13.8 Å². The van der Waals surface area contributed by atoms with Crippen molar-refractivity contribution in [1.29, 1.82) is 0 Å². The fourth-order valence-electron chi connectivity index (χ4n) is 1.95. The van der Waals surface area contributed by atoms with Crippen LogP contribution >= 0.6 is 11.8 Å². The zero-order valence-electron chi connectivity index (χ0n) is 12.7. The average molecular weight is 294 g/mol. The second-order valence-corrected chi connectivity index (χ2v) is 6.30. The zero-order chi connectivity index (χ0) is 14.7. The number of hydrogen-bond donors (Lipinski definition) is 1. The van der Waals surface area contributed by atoms with Gasteiger partial charge in [0.05, 0.1) is 5.69 Å². The minimum Gasteiger partial charge on any atom is -0.312 e. The third-order valence-corrected chi connectivity index (χ3v) is 4.26. The number of aromatic nitrogens is 5. The molecule has 0 aliphatic heterocycles. The quantitative estimate of drug-likeness (QED) is 0.879. The first-order chi connectivity index (χ1) is 9.49. The number of hydrogen-bond acceptors (Lipinski definition) is 5. The predicted molar refractivity (Wildman–Crippen MR) is 79.6 cm³/mol. The standard InChI is InChI=1S/C13H22N6S/c1-9(2)6-14-7-11-10(3)17-19(5)12(11)20-13-16-15-8-18(13)4/h8-9,14H,6-7H2,1-5H3. The van der Waals surface area contributed by atoms with Gasteiger partial charge in [0.25, 0.3) is 0 Å². The van der Waals surface area contributed by atoms with E-state index in [1.807, 2.05) is 30.3 Å². The maximum Gasteiger partial charge on any atom is 0.197 e. The molecule has 6 nitrogen and oxygen atoms in total. The summed E-state index contributed by atoms with van der Waals surface area (Å²) in [6.45, 7) is 8.30. The van der Waals surface area contributed by atoms with E-state index < -0.39 is 0 Å². The second kappa shape index (κ2) is 6.41. The second-order valence-electron chi connectivity index (χ2n) is 5.34. The molecule has 0 saturated carbocycles. The summed E-state index contributed by atoms with van der Waals surface area (Å²) in [7, 11) is 3.92. The van der Waals surface area contributed by atoms with Crippen LogP contribution in [0.2, 0.25) is 0 Å². The molecule has 0 radical (unpaired) electrons. The molecule has 0 aliphatic carbocycles. The van der Waals surface area contributed by atoms with Gasteiger partial charge in [-0.3, -0.25) is 4.68 Å². The maximum absolute atomic E-state index is 4.52. The molecule has 2 heterocycles. The average Bonchev–Trinajstić information content (AvgIpc) is 2.87. The Morgan fingerprint density at radius 2 is 2.10 bits per heavy atom. The Labute approximate surface area is 124 Å². The molecule has 110 valence electrons. The van der Waals surface area contributed by atoms with E-state index >= 15 is 0 Å². The highest BCUT2D eigenvalue weighted by Gasteiger charge is 2.16. The largest absolute Gasteiger partial charge is 0.312 e. The van der Waals surface area contributed by atoms with Gasteiger partial charge < -0.3 is 9.88 Å². The lowest BCUT2D eigenvalue weighted by Gasteiger charge is -2.09. The Morgan fingerprint density at radius 1 is 1.35 bits per heavy atom. The van der Waals surface area contributed by atoms with Crippen molar-refractivity contribution >= 4 is 11.8 Å². The first-order valence-corrected chi connectivity index (χ1v) is 7.55. The zero-order valence-corrected chi connectivity index (χ0v) is 13.5. The number of nitrogens with one attached hydrogen (secondary N) is 1. The van der Waals surface area contributed by atoms with Crippen molar-refractivity contribution in [2.24, 2.45) is 20.0 Å². The predicted octanol–water partition coefficient (Wildman–Crippen LogP) is 1.75. The van der Waals surface area contributed by atoms with Gasteiger partial charge in [-0.25, -0.2) is 0 Å². The Balaban J connectivity index is 2.17. The van der Waals surface area contributed by atoms with Crippen LogP contribution in [0.4, 0.5) is 0 Å². The van der Waals surface area contributed by atoms with Crippen LogP contribution in [0.1, 0.15) is 25.1 Å². The van der Waals surface area contributed by atoms with Gasteiger partial charge in [-0.2, -0.15) is 5.10 Å². The van der Waals surface area contributed by atoms with E-state index in [4.69, 9.17) is 0 Å². The van der Waals surface area contributed by atoms with Crippen LogP contribution in [0.15, 0.2) is 16.5 Å². The SMILES string of the molecule is Cc1nn(C)c(Sc2nncn2C)c1CNCC(C)C. The molecule has 0 bridgehead atoms. The molecular formula is C13H22N6S. The molecule has 0 saturated heterocycles. The summed E-state index contributed by atoms with van der Waals surface area (Å²) in [5.74, 6) is 0.641. The molecule has 1 N–H and O–H groups in total. The summed E-state index contributed by atoms with van der Waals surface area (Å²) in [5, 5.41) is 18.0. The van der Waals surface area contributed by atoms with Crippen LogP contribution in [0.3, 0.4) is 0 Å². The molecule has 0 aromatic carbocycles. The van der Waals surface area contributed by atoms with Crippen molar-refractivity contribution in [1.82, 2.24) is 29.9 Å². The van der Waals surface area contributed by atoms with E-state index in [0.717, 1.165) is 29.0 Å². The topological polar surface area (TPSA) is 60.6 Å². The molecule has 0 aliphatic rings. The highest BCUT2D eigenvalue weighted by molar-refractivity contribution is 7.99. The van der Waals surface area contributed by atoms with E-state index in [-0.39, 0.29) is 0 Å². The molecule has 0 fully saturated rings. The van der Waals surface area contributed by atoms with E-state index in [2.05, 4.69) is 34.5 Å². The van der Waals surface area contributed by atoms with Crippen molar-refractivity contribution in [3.8, 4) is 0 Å². The molecule has 0 atom stereocenters. The van der Waals surface area contributed by atoms with Crippen molar-refractivity contribution < 1.29 is 0 Å². The number of aryl methyl sites for hydroxylation is 3. The van der Waals surface area contributed by atoms with E-state index in [0.29, 0.717) is 5.92 Å². The van der Waals surface area contributed by atoms with Crippen LogP contribution in [0.5, 0.6) is 0 Å². The first kappa shape index (κ1) is 15.1. The third kappa shape index (κ3) is 3.40. The smallest absolute Gasteiger partial charge is 0.197 e. The molecule has 0 amide bonds. The third-order valence-electron chi connectivity index (χ3n) is 3.00. The summed E-state index contributed by atoms with van der Waals surface area (Å²) in [6.07, 6.45) is 1.71. The van der Waals surface area contributed by atoms with Gasteiger partial charge in [0, 0.05) is 26.2 Å². The van der Waals surface area contributed by atoms with Gasteiger partial charge in [0.15, 0.2) is 5.16 Å². The summed E-state index contributed by atoms with van der Waals surface area (Å²) in [6, 6.07) is 0. The van der Waals surface area contributed by atoms with Crippen LogP contribution in [-0.2, 0) is 20.6 Å². The lowest BCUT2D eigenvalue weighted by atomic mass is 10.2. The molecule has 20 heavy (non-hydrogen) atoms. The molecular weight excluding hydrogens is 272 g/mol. The summed E-state index contributed by atoms with van der Waals surface area (Å²) in [5.41, 5.74) is 2.30. The minimum atomic E-state index is 0.641. The summed E-state index contributed by atoms with van der Waals surface area (Å²) < 4.78 is 3.83. The van der Waals surface area contributed by atoms with Gasteiger partial charge >= 0.3 is 0 Å². The maximum atomic E-state index is 4.52. The monoisotopic (exact) mass is 294 g/mol. The molecule has 0 unspecified atom stereocenters. The minimum absolute atomic E-state index is 0.641. The lowest BCUT2D eigenvalue weighted by molar-refractivity contribution is 0.547. The highest BCUT2D eigenvalue weighted by Crippen LogP contribution is 2.29. The number of nitrogens with zero attached hydrogens (tertiary/aromatic N) is 5. The fraction of sp³-hybridized carbons (Fsp3) is 0.615. The lowest BCUT2D eigenvalue weighted by Crippen LogP contribution is -2.19. The number of rotatable bonds is 6. The summed E-state index contributed by atoms with van der Waals surface area (Å²) in [4.78, 5) is 0. The molecule has 7 heteroatoms. The van der Waals surface area contributed by atoms with Crippen LogP contribution in [-0.4, -0.2) is 31.1 Å². The Morgan fingerprint density at radius 3 is 2.70 bits per heavy atom. The molecule has 2 rings (SSSR count). The van der Waals surface area contributed by atoms with Gasteiger partial charge in [-0.05, 0) is 31.1 Å². The Hall–Kier alpha value is -1.34. The van der Waals surface area contributed by atoms with Crippen LogP contribution in [0, 0.1) is 12.8 Å². The van der Waals surface area contributed by atoms with Crippen molar-refractivity contribution in [3.63, 3.8) is 0 Å². The van der Waals surface area contributed by atoms with Crippen LogP contribution in [0.25, 0.3) is 0 Å². The highest BCUT2D eigenvalue weighted by atomic mass is 32.2. The Kier molecular flexibility index (Phi) is 4.82. The molecule has 2 aromatic heterocycles. The summed E-state index contributed by atoms with van der Waals surface area (Å²) >= 11 is 1.60. The van der Waals surface area contributed by atoms with Crippen molar-refractivity contribution in [2.45, 2.75) is 37.5 Å². The van der Waals surface area contributed by atoms with Gasteiger partial charge in [0.2, 0.25) is 0 Å².